The van der Waals surface area contributed by atoms with Crippen molar-refractivity contribution in [1.29, 1.82) is 0 Å². The minimum Gasteiger partial charge on any atom is -0.456 e. The molecule has 0 aliphatic heterocycles. The van der Waals surface area contributed by atoms with Crippen LogP contribution < -0.4 is 9.80 Å². The van der Waals surface area contributed by atoms with Crippen LogP contribution >= 0.6 is 22.7 Å². The minimum absolute atomic E-state index is 0.869. The van der Waals surface area contributed by atoms with E-state index in [4.69, 9.17) is 4.42 Å². The molecule has 0 atom stereocenters. The van der Waals surface area contributed by atoms with Gasteiger partial charge in [-0.2, -0.15) is 0 Å². The van der Waals surface area contributed by atoms with Gasteiger partial charge in [0.05, 0.1) is 11.4 Å². The van der Waals surface area contributed by atoms with Crippen LogP contribution in [-0.4, -0.2) is 0 Å². The Morgan fingerprint density at radius 2 is 0.671 bits per heavy atom. The molecule has 12 aromatic carbocycles. The van der Waals surface area contributed by atoms with Crippen LogP contribution in [0.2, 0.25) is 0 Å². The molecular formula is C68H42N2OS2. The van der Waals surface area contributed by atoms with Crippen LogP contribution in [0.1, 0.15) is 0 Å². The second-order valence-electron chi connectivity index (χ2n) is 18.8. The summed E-state index contributed by atoms with van der Waals surface area (Å²) in [5, 5.41) is 11.9. The predicted molar refractivity (Wildman–Crippen MR) is 315 cm³/mol. The van der Waals surface area contributed by atoms with Gasteiger partial charge >= 0.3 is 0 Å². The lowest BCUT2D eigenvalue weighted by Crippen LogP contribution is -2.11. The van der Waals surface area contributed by atoms with Crippen LogP contribution in [0.5, 0.6) is 0 Å². The summed E-state index contributed by atoms with van der Waals surface area (Å²) < 4.78 is 12.0. The summed E-state index contributed by atoms with van der Waals surface area (Å²) in [6, 6.07) is 92.8. The Morgan fingerprint density at radius 3 is 1.11 bits per heavy atom. The van der Waals surface area contributed by atoms with E-state index in [1.165, 1.54) is 62.6 Å². The molecule has 5 heteroatoms. The van der Waals surface area contributed by atoms with Gasteiger partial charge in [0.1, 0.15) is 11.2 Å². The summed E-state index contributed by atoms with van der Waals surface area (Å²) in [6.45, 7) is 0. The lowest BCUT2D eigenvalue weighted by Gasteiger charge is -2.28. The largest absolute Gasteiger partial charge is 0.456 e. The van der Waals surface area contributed by atoms with Crippen molar-refractivity contribution in [2.75, 3.05) is 9.80 Å². The first-order valence-electron chi connectivity index (χ1n) is 24.7. The Hall–Kier alpha value is -9.00. The molecule has 0 amide bonds. The van der Waals surface area contributed by atoms with Gasteiger partial charge in [-0.15, -0.1) is 22.7 Å². The van der Waals surface area contributed by atoms with Crippen molar-refractivity contribution in [1.82, 2.24) is 0 Å². The first-order chi connectivity index (χ1) is 36.2. The highest BCUT2D eigenvalue weighted by atomic mass is 32.1. The SMILES string of the molecule is c1ccc(-c2c(N(c3ccccc3)c3ccc4cc5c(cc4c3)oc3cc4cc(N(c6ccccc6)c6ccc7c(sc8ccccc87)c6-c6ccccc6)ccc4cc35)ccc3c2sc2ccccc23)cc1. The minimum atomic E-state index is 0.869. The Bertz CT molecular complexity index is 4320. The summed E-state index contributed by atoms with van der Waals surface area (Å²) in [7, 11) is 0. The number of nitrogens with zero attached hydrogens (tertiary/aromatic N) is 2. The highest BCUT2D eigenvalue weighted by Gasteiger charge is 2.24. The number of para-hydroxylation sites is 2. The topological polar surface area (TPSA) is 19.6 Å². The van der Waals surface area contributed by atoms with E-state index >= 15 is 0 Å². The van der Waals surface area contributed by atoms with Crippen LogP contribution in [0, 0.1) is 0 Å². The lowest BCUT2D eigenvalue weighted by molar-refractivity contribution is 0.670. The Balaban J connectivity index is 0.873. The average Bonchev–Trinajstić information content (AvgIpc) is 4.13. The summed E-state index contributed by atoms with van der Waals surface area (Å²) in [6.07, 6.45) is 0. The molecule has 0 unspecified atom stereocenters. The molecule has 0 aliphatic rings. The fourth-order valence-electron chi connectivity index (χ4n) is 11.2. The quantitative estimate of drug-likeness (QED) is 0.151. The number of benzene rings is 12. The number of anilines is 6. The van der Waals surface area contributed by atoms with E-state index in [0.717, 1.165) is 77.6 Å². The van der Waals surface area contributed by atoms with E-state index in [1.54, 1.807) is 0 Å². The fraction of sp³-hybridized carbons (Fsp3) is 0. The van der Waals surface area contributed by atoms with Crippen molar-refractivity contribution < 1.29 is 4.42 Å². The zero-order chi connectivity index (χ0) is 48.0. The predicted octanol–water partition coefficient (Wildman–Crippen LogP) is 20.9. The number of furan rings is 1. The van der Waals surface area contributed by atoms with Crippen LogP contribution in [0.3, 0.4) is 0 Å². The van der Waals surface area contributed by atoms with E-state index in [-0.39, 0.29) is 0 Å². The van der Waals surface area contributed by atoms with Crippen molar-refractivity contribution in [3.8, 4) is 22.3 Å². The summed E-state index contributed by atoms with van der Waals surface area (Å²) in [5.74, 6) is 0. The maximum Gasteiger partial charge on any atom is 0.136 e. The van der Waals surface area contributed by atoms with Gasteiger partial charge in [-0.3, -0.25) is 0 Å². The molecule has 0 aliphatic carbocycles. The van der Waals surface area contributed by atoms with Gasteiger partial charge in [0.2, 0.25) is 0 Å². The molecule has 3 nitrogen and oxygen atoms in total. The Labute approximate surface area is 429 Å². The molecular weight excluding hydrogens is 925 g/mol. The molecule has 0 saturated carbocycles. The molecule has 342 valence electrons. The van der Waals surface area contributed by atoms with Crippen LogP contribution in [0.4, 0.5) is 34.1 Å². The smallest absolute Gasteiger partial charge is 0.136 e. The van der Waals surface area contributed by atoms with Crippen molar-refractivity contribution in [3.63, 3.8) is 0 Å². The highest BCUT2D eigenvalue weighted by Crippen LogP contribution is 2.51. The number of hydrogen-bond donors (Lipinski definition) is 0. The maximum atomic E-state index is 6.89. The zero-order valence-electron chi connectivity index (χ0n) is 39.4. The molecule has 73 heavy (non-hydrogen) atoms. The van der Waals surface area contributed by atoms with Gasteiger partial charge in [-0.05, 0) is 130 Å². The third kappa shape index (κ3) is 6.85. The molecule has 0 bridgehead atoms. The van der Waals surface area contributed by atoms with E-state index < -0.39 is 0 Å². The van der Waals surface area contributed by atoms with Gasteiger partial charge in [0.25, 0.3) is 0 Å². The monoisotopic (exact) mass is 966 g/mol. The van der Waals surface area contributed by atoms with E-state index in [0.29, 0.717) is 0 Å². The van der Waals surface area contributed by atoms with Gasteiger partial charge in [-0.1, -0.05) is 158 Å². The van der Waals surface area contributed by atoms with Gasteiger partial charge < -0.3 is 14.2 Å². The zero-order valence-corrected chi connectivity index (χ0v) is 41.0. The maximum absolute atomic E-state index is 6.89. The van der Waals surface area contributed by atoms with Crippen LogP contribution in [0.15, 0.2) is 259 Å². The molecule has 15 aromatic rings. The van der Waals surface area contributed by atoms with Crippen molar-refractivity contribution in [2.24, 2.45) is 0 Å². The third-order valence-corrected chi connectivity index (χ3v) is 17.0. The standard InChI is InChI=1S/C68H42N2OS2/c1-5-17-43(18-6-1)65-59(35-33-55-53-25-13-15-27-63(53)72-67(55)65)69(49-21-9-3-10-22-49)51-31-29-45-39-57-58-40-46-30-32-52(38-48(46)42-62(58)71-61(57)41-47(45)37-51)70(50-23-11-4-12-24-50)60-36-34-56-54-26-14-16-28-64(54)73-68(56)66(60)44-19-7-2-8-20-44/h1-42H. The van der Waals surface area contributed by atoms with Crippen LogP contribution in [-0.2, 0) is 0 Å². The van der Waals surface area contributed by atoms with Crippen molar-refractivity contribution in [3.05, 3.63) is 255 Å². The molecule has 0 radical (unpaired) electrons. The molecule has 0 saturated heterocycles. The molecule has 0 spiro atoms. The first kappa shape index (κ1) is 41.8. The second-order valence-corrected chi connectivity index (χ2v) is 20.9. The number of rotatable bonds is 8. The molecule has 3 aromatic heterocycles. The van der Waals surface area contributed by atoms with Crippen molar-refractivity contribution in [2.45, 2.75) is 0 Å². The molecule has 3 heterocycles. The molecule has 0 fully saturated rings. The molecule has 15 rings (SSSR count). The Morgan fingerprint density at radius 1 is 0.274 bits per heavy atom. The number of fused-ring (bicyclic) bond motifs is 11. The third-order valence-electron chi connectivity index (χ3n) is 14.6. The summed E-state index contributed by atoms with van der Waals surface area (Å²) >= 11 is 3.74. The van der Waals surface area contributed by atoms with Gasteiger partial charge in [0, 0.05) is 85.0 Å². The fourth-order valence-corrected chi connectivity index (χ4v) is 13.8. The lowest BCUT2D eigenvalue weighted by atomic mass is 9.98. The Kier molecular flexibility index (Phi) is 9.62. The molecule has 0 N–H and O–H groups in total. The van der Waals surface area contributed by atoms with Crippen LogP contribution in [0.25, 0.3) is 106 Å². The number of thiophene rings is 2. The van der Waals surface area contributed by atoms with E-state index in [2.05, 4.69) is 265 Å². The van der Waals surface area contributed by atoms with Gasteiger partial charge in [0.15, 0.2) is 0 Å². The number of hydrogen-bond acceptors (Lipinski definition) is 5. The van der Waals surface area contributed by atoms with Crippen molar-refractivity contribution >= 4 is 141 Å². The summed E-state index contributed by atoms with van der Waals surface area (Å²) in [4.78, 5) is 4.84. The highest BCUT2D eigenvalue weighted by molar-refractivity contribution is 7.26. The first-order valence-corrected chi connectivity index (χ1v) is 26.4. The second kappa shape index (κ2) is 16.8. The summed E-state index contributed by atoms with van der Waals surface area (Å²) in [5.41, 5.74) is 13.2. The normalized spacial score (nSPS) is 11.8. The van der Waals surface area contributed by atoms with Gasteiger partial charge in [-0.25, -0.2) is 0 Å². The van der Waals surface area contributed by atoms with E-state index in [9.17, 15) is 0 Å². The average molecular weight is 967 g/mol. The van der Waals surface area contributed by atoms with E-state index in [1.807, 2.05) is 22.7 Å².